The van der Waals surface area contributed by atoms with Crippen LogP contribution in [0.4, 0.5) is 5.69 Å². The van der Waals surface area contributed by atoms with Crippen molar-refractivity contribution in [2.45, 2.75) is 6.54 Å². The number of amides is 1. The van der Waals surface area contributed by atoms with Crippen LogP contribution in [0.1, 0.15) is 15.9 Å². The molecule has 5 nitrogen and oxygen atoms in total. The van der Waals surface area contributed by atoms with Crippen molar-refractivity contribution in [2.24, 2.45) is 5.73 Å². The van der Waals surface area contributed by atoms with Crippen LogP contribution in [0.25, 0.3) is 5.69 Å². The van der Waals surface area contributed by atoms with E-state index < -0.39 is 5.91 Å². The van der Waals surface area contributed by atoms with Crippen LogP contribution in [0.5, 0.6) is 0 Å². The fraction of sp³-hybridized carbons (Fsp3) is 0.0588. The lowest BCUT2D eigenvalue weighted by molar-refractivity contribution is 0.100. The van der Waals surface area contributed by atoms with Crippen LogP contribution in [-0.2, 0) is 6.54 Å². The highest BCUT2D eigenvalue weighted by atomic mass is 35.5. The summed E-state index contributed by atoms with van der Waals surface area (Å²) in [6.07, 6.45) is 5.25. The van der Waals surface area contributed by atoms with E-state index in [9.17, 15) is 4.79 Å². The van der Waals surface area contributed by atoms with Crippen molar-refractivity contribution in [1.29, 1.82) is 0 Å². The zero-order chi connectivity index (χ0) is 16.2. The number of carbonyl (C=O) groups is 1. The molecule has 3 aromatic rings. The molecule has 2 aromatic carbocycles. The minimum Gasteiger partial charge on any atom is -0.381 e. The van der Waals surface area contributed by atoms with Gasteiger partial charge in [-0.25, -0.2) is 4.98 Å². The Bertz CT molecular complexity index is 813. The SMILES string of the molecule is NC(=O)c1ccc(CNc2ccc(-n3ccnc3)c(Cl)c2)cc1. The van der Waals surface area contributed by atoms with Crippen molar-refractivity contribution in [1.82, 2.24) is 9.55 Å². The predicted octanol–water partition coefficient (Wildman–Crippen LogP) is 3.24. The number of nitrogens with zero attached hydrogens (tertiary/aromatic N) is 2. The highest BCUT2D eigenvalue weighted by Crippen LogP contribution is 2.24. The van der Waals surface area contributed by atoms with Gasteiger partial charge in [-0.1, -0.05) is 23.7 Å². The molecular weight excluding hydrogens is 312 g/mol. The zero-order valence-corrected chi connectivity index (χ0v) is 13.0. The van der Waals surface area contributed by atoms with Gasteiger partial charge in [-0.2, -0.15) is 0 Å². The number of rotatable bonds is 5. The number of primary amides is 1. The molecule has 0 saturated heterocycles. The maximum absolute atomic E-state index is 11.0. The Kier molecular flexibility index (Phi) is 4.30. The standard InChI is InChI=1S/C17H15ClN4O/c18-15-9-14(5-6-16(15)22-8-7-20-11-22)21-10-12-1-3-13(4-2-12)17(19)23/h1-9,11,21H,10H2,(H2,19,23). The van der Waals surface area contributed by atoms with Gasteiger partial charge < -0.3 is 15.6 Å². The Morgan fingerprint density at radius 1 is 1.22 bits per heavy atom. The van der Waals surface area contributed by atoms with E-state index in [1.807, 2.05) is 41.1 Å². The minimum absolute atomic E-state index is 0.425. The largest absolute Gasteiger partial charge is 0.381 e. The summed E-state index contributed by atoms with van der Waals surface area (Å²) in [6, 6.07) is 12.9. The van der Waals surface area contributed by atoms with E-state index in [0.29, 0.717) is 17.1 Å². The molecule has 0 atom stereocenters. The lowest BCUT2D eigenvalue weighted by atomic mass is 10.1. The molecule has 0 aliphatic carbocycles. The normalized spacial score (nSPS) is 10.5. The Labute approximate surface area is 138 Å². The summed E-state index contributed by atoms with van der Waals surface area (Å²) in [5.74, 6) is -0.425. The lowest BCUT2D eigenvalue weighted by Gasteiger charge is -2.10. The lowest BCUT2D eigenvalue weighted by Crippen LogP contribution is -2.10. The number of nitrogens with two attached hydrogens (primary N) is 1. The fourth-order valence-corrected chi connectivity index (χ4v) is 2.50. The van der Waals surface area contributed by atoms with Gasteiger partial charge in [-0.15, -0.1) is 0 Å². The van der Waals surface area contributed by atoms with Crippen molar-refractivity contribution in [2.75, 3.05) is 5.32 Å². The van der Waals surface area contributed by atoms with Gasteiger partial charge in [0.05, 0.1) is 17.0 Å². The Morgan fingerprint density at radius 2 is 2.00 bits per heavy atom. The number of halogens is 1. The molecule has 0 fully saturated rings. The molecule has 1 amide bonds. The second-order valence-electron chi connectivity index (χ2n) is 5.05. The van der Waals surface area contributed by atoms with Gasteiger partial charge in [0.25, 0.3) is 0 Å². The smallest absolute Gasteiger partial charge is 0.248 e. The Hall–Kier alpha value is -2.79. The van der Waals surface area contributed by atoms with Crippen molar-refractivity contribution in [3.63, 3.8) is 0 Å². The monoisotopic (exact) mass is 326 g/mol. The molecule has 116 valence electrons. The molecule has 0 saturated carbocycles. The first-order chi connectivity index (χ1) is 11.1. The third-order valence-electron chi connectivity index (χ3n) is 3.47. The van der Waals surface area contributed by atoms with Crippen molar-refractivity contribution >= 4 is 23.2 Å². The zero-order valence-electron chi connectivity index (χ0n) is 12.2. The van der Waals surface area contributed by atoms with Gasteiger partial charge in [-0.3, -0.25) is 4.79 Å². The van der Waals surface area contributed by atoms with Crippen LogP contribution >= 0.6 is 11.6 Å². The number of carbonyl (C=O) groups excluding carboxylic acids is 1. The molecule has 0 radical (unpaired) electrons. The number of hydrogen-bond acceptors (Lipinski definition) is 3. The van der Waals surface area contributed by atoms with E-state index in [1.165, 1.54) is 0 Å². The highest BCUT2D eigenvalue weighted by Gasteiger charge is 2.04. The maximum atomic E-state index is 11.0. The summed E-state index contributed by atoms with van der Waals surface area (Å²) in [5, 5.41) is 3.93. The Morgan fingerprint density at radius 3 is 2.61 bits per heavy atom. The molecule has 3 N–H and O–H groups in total. The molecule has 6 heteroatoms. The minimum atomic E-state index is -0.425. The van der Waals surface area contributed by atoms with Gasteiger partial charge >= 0.3 is 0 Å². The second-order valence-corrected chi connectivity index (χ2v) is 5.46. The van der Waals surface area contributed by atoms with Crippen LogP contribution in [0.2, 0.25) is 5.02 Å². The van der Waals surface area contributed by atoms with Crippen molar-refractivity contribution < 1.29 is 4.79 Å². The van der Waals surface area contributed by atoms with E-state index in [0.717, 1.165) is 16.9 Å². The summed E-state index contributed by atoms with van der Waals surface area (Å²) in [7, 11) is 0. The Balaban J connectivity index is 1.69. The van der Waals surface area contributed by atoms with E-state index in [1.54, 1.807) is 24.7 Å². The number of anilines is 1. The summed E-state index contributed by atoms with van der Waals surface area (Å²) >= 11 is 6.32. The molecule has 0 aliphatic rings. The molecule has 0 aliphatic heterocycles. The second kappa shape index (κ2) is 6.54. The number of nitrogens with one attached hydrogen (secondary N) is 1. The average Bonchev–Trinajstić information content (AvgIpc) is 3.07. The van der Waals surface area contributed by atoms with Crippen LogP contribution in [-0.4, -0.2) is 15.5 Å². The van der Waals surface area contributed by atoms with Gasteiger partial charge in [0.15, 0.2) is 0 Å². The van der Waals surface area contributed by atoms with Crippen LogP contribution < -0.4 is 11.1 Å². The number of aromatic nitrogens is 2. The number of benzene rings is 2. The topological polar surface area (TPSA) is 72.9 Å². The molecule has 0 bridgehead atoms. The molecule has 23 heavy (non-hydrogen) atoms. The molecule has 0 unspecified atom stereocenters. The quantitative estimate of drug-likeness (QED) is 0.756. The van der Waals surface area contributed by atoms with Crippen LogP contribution in [0.3, 0.4) is 0 Å². The highest BCUT2D eigenvalue weighted by molar-refractivity contribution is 6.32. The number of imidazole rings is 1. The molecule has 1 aromatic heterocycles. The molecule has 1 heterocycles. The summed E-state index contributed by atoms with van der Waals surface area (Å²) in [4.78, 5) is 15.1. The van der Waals surface area contributed by atoms with E-state index in [-0.39, 0.29) is 0 Å². The first-order valence-corrected chi connectivity index (χ1v) is 7.42. The van der Waals surface area contributed by atoms with E-state index >= 15 is 0 Å². The van der Waals surface area contributed by atoms with Gasteiger partial charge in [0, 0.05) is 30.2 Å². The summed E-state index contributed by atoms with van der Waals surface area (Å²) < 4.78 is 1.86. The third kappa shape index (κ3) is 3.52. The predicted molar refractivity (Wildman–Crippen MR) is 90.9 cm³/mol. The molecule has 0 spiro atoms. The number of hydrogen-bond donors (Lipinski definition) is 2. The van der Waals surface area contributed by atoms with Crippen molar-refractivity contribution in [3.8, 4) is 5.69 Å². The van der Waals surface area contributed by atoms with Crippen molar-refractivity contribution in [3.05, 3.63) is 77.3 Å². The fourth-order valence-electron chi connectivity index (χ4n) is 2.22. The van der Waals surface area contributed by atoms with E-state index in [2.05, 4.69) is 10.3 Å². The summed E-state index contributed by atoms with van der Waals surface area (Å²) in [6.45, 7) is 0.625. The first kappa shape index (κ1) is 15.1. The summed E-state index contributed by atoms with van der Waals surface area (Å²) in [5.41, 5.74) is 8.56. The molecular formula is C17H15ClN4O. The van der Waals surface area contributed by atoms with Gasteiger partial charge in [0.2, 0.25) is 5.91 Å². The molecule has 3 rings (SSSR count). The van der Waals surface area contributed by atoms with Crippen LogP contribution in [0.15, 0.2) is 61.2 Å². The maximum Gasteiger partial charge on any atom is 0.248 e. The average molecular weight is 327 g/mol. The van der Waals surface area contributed by atoms with Gasteiger partial charge in [0.1, 0.15) is 0 Å². The van der Waals surface area contributed by atoms with Crippen LogP contribution in [0, 0.1) is 0 Å². The third-order valence-corrected chi connectivity index (χ3v) is 3.77. The first-order valence-electron chi connectivity index (χ1n) is 7.04. The van der Waals surface area contributed by atoms with Gasteiger partial charge in [-0.05, 0) is 35.9 Å². The van der Waals surface area contributed by atoms with E-state index in [4.69, 9.17) is 17.3 Å².